The highest BCUT2D eigenvalue weighted by molar-refractivity contribution is 7.89. The zero-order valence-corrected chi connectivity index (χ0v) is 20.9. The van der Waals surface area contributed by atoms with Crippen LogP contribution in [0.15, 0.2) is 77.7 Å². The molecule has 8 heteroatoms. The molecule has 184 valence electrons. The number of aryl methyl sites for hydroxylation is 2. The monoisotopic (exact) mass is 494 g/mol. The van der Waals surface area contributed by atoms with E-state index < -0.39 is 22.0 Å². The van der Waals surface area contributed by atoms with Gasteiger partial charge in [0.1, 0.15) is 6.04 Å². The Bertz CT molecular complexity index is 1270. The van der Waals surface area contributed by atoms with E-state index in [4.69, 9.17) is 5.11 Å². The molecule has 0 aliphatic rings. The summed E-state index contributed by atoms with van der Waals surface area (Å²) in [6.45, 7) is 1.87. The van der Waals surface area contributed by atoms with Gasteiger partial charge in [-0.05, 0) is 54.2 Å². The maximum Gasteiger partial charge on any atom is 0.303 e. The number of hydrogen-bond acceptors (Lipinski definition) is 4. The molecule has 0 bridgehead atoms. The molecule has 0 aliphatic heterocycles. The first-order valence-electron chi connectivity index (χ1n) is 11.3. The topological polar surface area (TPSA) is 104 Å². The van der Waals surface area contributed by atoms with E-state index in [1.807, 2.05) is 55.5 Å². The van der Waals surface area contributed by atoms with Gasteiger partial charge >= 0.3 is 5.97 Å². The van der Waals surface area contributed by atoms with Crippen LogP contribution in [0.3, 0.4) is 0 Å². The highest BCUT2D eigenvalue weighted by Gasteiger charge is 2.27. The molecule has 2 N–H and O–H groups in total. The van der Waals surface area contributed by atoms with Crippen molar-refractivity contribution in [1.29, 1.82) is 0 Å². The molecule has 35 heavy (non-hydrogen) atoms. The van der Waals surface area contributed by atoms with Crippen molar-refractivity contribution >= 4 is 21.9 Å². The van der Waals surface area contributed by atoms with Gasteiger partial charge in [-0.2, -0.15) is 4.72 Å². The number of sulfonamides is 1. The van der Waals surface area contributed by atoms with Crippen LogP contribution in [0.1, 0.15) is 23.1 Å². The largest absolute Gasteiger partial charge is 0.481 e. The quantitative estimate of drug-likeness (QED) is 0.448. The Balaban J connectivity index is 1.75. The molecule has 0 saturated carbocycles. The second-order valence-electron chi connectivity index (χ2n) is 8.71. The average molecular weight is 495 g/mol. The van der Waals surface area contributed by atoms with E-state index in [-0.39, 0.29) is 23.6 Å². The smallest absolute Gasteiger partial charge is 0.303 e. The first-order chi connectivity index (χ1) is 16.5. The molecule has 0 radical (unpaired) electrons. The first-order valence-corrected chi connectivity index (χ1v) is 12.7. The Morgan fingerprint density at radius 2 is 1.37 bits per heavy atom. The number of carbonyl (C=O) groups excluding carboxylic acids is 1. The zero-order chi connectivity index (χ0) is 25.6. The average Bonchev–Trinajstić information content (AvgIpc) is 2.82. The van der Waals surface area contributed by atoms with Crippen molar-refractivity contribution in [2.75, 3.05) is 14.1 Å². The Morgan fingerprint density at radius 3 is 1.86 bits per heavy atom. The number of likely N-dealkylation sites (N-methyl/N-ethyl adjacent to an activating group) is 1. The summed E-state index contributed by atoms with van der Waals surface area (Å²) < 4.78 is 28.4. The molecule has 1 atom stereocenters. The fraction of sp³-hybridized carbons (Fsp3) is 0.259. The Morgan fingerprint density at radius 1 is 0.857 bits per heavy atom. The van der Waals surface area contributed by atoms with Gasteiger partial charge in [-0.3, -0.25) is 9.59 Å². The number of nitrogens with zero attached hydrogens (tertiary/aromatic N) is 1. The third kappa shape index (κ3) is 7.24. The molecule has 0 heterocycles. The molecule has 1 amide bonds. The summed E-state index contributed by atoms with van der Waals surface area (Å²) in [5.41, 5.74) is 4.67. The van der Waals surface area contributed by atoms with E-state index in [2.05, 4.69) is 4.72 Å². The molecule has 3 aromatic rings. The van der Waals surface area contributed by atoms with Crippen molar-refractivity contribution in [3.8, 4) is 11.1 Å². The van der Waals surface area contributed by atoms with Gasteiger partial charge in [-0.25, -0.2) is 8.42 Å². The van der Waals surface area contributed by atoms with Gasteiger partial charge in [0.15, 0.2) is 0 Å². The minimum absolute atomic E-state index is 0.0918. The zero-order valence-electron chi connectivity index (χ0n) is 20.1. The Hall–Kier alpha value is -3.49. The van der Waals surface area contributed by atoms with Crippen molar-refractivity contribution in [2.24, 2.45) is 0 Å². The van der Waals surface area contributed by atoms with Crippen LogP contribution >= 0.6 is 0 Å². The maximum absolute atomic E-state index is 12.9. The summed E-state index contributed by atoms with van der Waals surface area (Å²) in [7, 11) is -0.683. The van der Waals surface area contributed by atoms with E-state index >= 15 is 0 Å². The standard InChI is InChI=1S/C27H30N2O5S/c1-19-4-15-24(16-5-19)35(33,34)28-25(27(32)29(2)3)18-21-8-13-23(14-9-21)22-11-6-20(7-12-22)10-17-26(30)31/h4-9,11-16,25,28H,10,17-18H2,1-3H3,(H,30,31). The number of benzene rings is 3. The SMILES string of the molecule is Cc1ccc(S(=O)(=O)NC(Cc2ccc(-c3ccc(CCC(=O)O)cc3)cc2)C(=O)N(C)C)cc1. The molecule has 3 aromatic carbocycles. The lowest BCUT2D eigenvalue weighted by Gasteiger charge is -2.22. The number of carboxylic acid groups (broad SMARTS) is 1. The molecule has 0 aliphatic carbocycles. The van der Waals surface area contributed by atoms with Crippen molar-refractivity contribution in [1.82, 2.24) is 9.62 Å². The van der Waals surface area contributed by atoms with Crippen molar-refractivity contribution in [3.05, 3.63) is 89.5 Å². The van der Waals surface area contributed by atoms with Crippen LogP contribution < -0.4 is 4.72 Å². The minimum Gasteiger partial charge on any atom is -0.481 e. The minimum atomic E-state index is -3.87. The Labute approximate surface area is 206 Å². The summed E-state index contributed by atoms with van der Waals surface area (Å²) >= 11 is 0. The number of nitrogens with one attached hydrogen (secondary N) is 1. The van der Waals surface area contributed by atoms with Crippen LogP contribution in [0.5, 0.6) is 0 Å². The fourth-order valence-corrected chi connectivity index (χ4v) is 4.84. The van der Waals surface area contributed by atoms with E-state index in [0.29, 0.717) is 6.42 Å². The maximum atomic E-state index is 12.9. The van der Waals surface area contributed by atoms with Crippen LogP contribution in [-0.2, 0) is 32.5 Å². The second kappa shape index (κ2) is 11.3. The van der Waals surface area contributed by atoms with Gasteiger partial charge in [0, 0.05) is 20.5 Å². The normalized spacial score (nSPS) is 12.2. The fourth-order valence-electron chi connectivity index (χ4n) is 3.65. The summed E-state index contributed by atoms with van der Waals surface area (Å²) in [6, 6.07) is 20.9. The van der Waals surface area contributed by atoms with Crippen LogP contribution in [-0.4, -0.2) is 50.4 Å². The predicted octanol–water partition coefficient (Wildman–Crippen LogP) is 3.66. The van der Waals surface area contributed by atoms with Crippen LogP contribution in [0.4, 0.5) is 0 Å². The van der Waals surface area contributed by atoms with Crippen LogP contribution in [0, 0.1) is 6.92 Å². The third-order valence-corrected chi connectivity index (χ3v) is 7.16. The van der Waals surface area contributed by atoms with Gasteiger partial charge in [-0.1, -0.05) is 66.2 Å². The summed E-state index contributed by atoms with van der Waals surface area (Å²) in [6.07, 6.45) is 0.777. The number of aliphatic carboxylic acids is 1. The molecule has 0 saturated heterocycles. The third-order valence-electron chi connectivity index (χ3n) is 5.68. The molecule has 0 fully saturated rings. The molecule has 3 rings (SSSR count). The lowest BCUT2D eigenvalue weighted by atomic mass is 9.99. The van der Waals surface area contributed by atoms with Gasteiger partial charge < -0.3 is 10.0 Å². The number of rotatable bonds is 10. The lowest BCUT2D eigenvalue weighted by Crippen LogP contribution is -2.47. The van der Waals surface area contributed by atoms with E-state index in [1.54, 1.807) is 26.2 Å². The van der Waals surface area contributed by atoms with Crippen LogP contribution in [0.25, 0.3) is 11.1 Å². The summed E-state index contributed by atoms with van der Waals surface area (Å²) in [4.78, 5) is 25.0. The Kier molecular flexibility index (Phi) is 8.43. The lowest BCUT2D eigenvalue weighted by molar-refractivity contribution is -0.137. The van der Waals surface area contributed by atoms with E-state index in [1.165, 1.54) is 17.0 Å². The summed E-state index contributed by atoms with van der Waals surface area (Å²) in [5, 5.41) is 8.83. The number of carbonyl (C=O) groups is 2. The number of carboxylic acids is 1. The highest BCUT2D eigenvalue weighted by atomic mass is 32.2. The predicted molar refractivity (Wildman–Crippen MR) is 136 cm³/mol. The molecule has 1 unspecified atom stereocenters. The van der Waals surface area contributed by atoms with Crippen molar-refractivity contribution in [3.63, 3.8) is 0 Å². The van der Waals surface area contributed by atoms with E-state index in [0.717, 1.165) is 27.8 Å². The van der Waals surface area contributed by atoms with Gasteiger partial charge in [0.2, 0.25) is 15.9 Å². The molecular formula is C27H30N2O5S. The first kappa shape index (κ1) is 26.1. The number of hydrogen-bond donors (Lipinski definition) is 2. The van der Waals surface area contributed by atoms with Gasteiger partial charge in [0.05, 0.1) is 4.90 Å². The second-order valence-corrected chi connectivity index (χ2v) is 10.4. The van der Waals surface area contributed by atoms with Crippen LogP contribution in [0.2, 0.25) is 0 Å². The molecular weight excluding hydrogens is 464 g/mol. The van der Waals surface area contributed by atoms with Crippen molar-refractivity contribution in [2.45, 2.75) is 37.1 Å². The highest BCUT2D eigenvalue weighted by Crippen LogP contribution is 2.22. The molecule has 7 nitrogen and oxygen atoms in total. The summed E-state index contributed by atoms with van der Waals surface area (Å²) in [5.74, 6) is -1.15. The van der Waals surface area contributed by atoms with E-state index in [9.17, 15) is 18.0 Å². The van der Waals surface area contributed by atoms with Crippen molar-refractivity contribution < 1.29 is 23.1 Å². The van der Waals surface area contributed by atoms with Gasteiger partial charge in [0.25, 0.3) is 0 Å². The van der Waals surface area contributed by atoms with Gasteiger partial charge in [-0.15, -0.1) is 0 Å². The molecule has 0 aromatic heterocycles. The number of amides is 1. The molecule has 0 spiro atoms.